The Bertz CT molecular complexity index is 2260. The van der Waals surface area contributed by atoms with Crippen LogP contribution in [0.3, 0.4) is 0 Å². The molecule has 2 aliphatic heterocycles. The van der Waals surface area contributed by atoms with Gasteiger partial charge >= 0.3 is 5.97 Å². The quantitative estimate of drug-likeness (QED) is 0.151. The summed E-state index contributed by atoms with van der Waals surface area (Å²) in [5.41, 5.74) is 3.15. The number of phenols is 1. The third kappa shape index (κ3) is 5.11. The number of imide groups is 2. The maximum absolute atomic E-state index is 15.2. The second-order valence-corrected chi connectivity index (χ2v) is 14.1. The molecule has 11 nitrogen and oxygen atoms in total. The number of nitrogens with one attached hydrogen (secondary N) is 1. The van der Waals surface area contributed by atoms with Gasteiger partial charge in [-0.1, -0.05) is 47.5 Å². The lowest BCUT2D eigenvalue weighted by Crippen LogP contribution is -2.53. The van der Waals surface area contributed by atoms with Crippen molar-refractivity contribution < 1.29 is 43.3 Å². The van der Waals surface area contributed by atoms with Crippen LogP contribution in [0.15, 0.2) is 103 Å². The molecule has 4 amide bonds. The Hall–Kier alpha value is -6.01. The van der Waals surface area contributed by atoms with Crippen molar-refractivity contribution in [3.8, 4) is 11.5 Å². The summed E-state index contributed by atoms with van der Waals surface area (Å²) in [4.78, 5) is 71.3. The van der Waals surface area contributed by atoms with E-state index in [9.17, 15) is 33.8 Å². The lowest BCUT2D eigenvalue weighted by molar-refractivity contribution is -0.138. The van der Waals surface area contributed by atoms with Gasteiger partial charge in [0.2, 0.25) is 11.8 Å². The van der Waals surface area contributed by atoms with Gasteiger partial charge in [0.05, 0.1) is 47.2 Å². The molecule has 53 heavy (non-hydrogen) atoms. The molecule has 268 valence electrons. The van der Waals surface area contributed by atoms with E-state index in [2.05, 4.69) is 5.43 Å². The highest BCUT2D eigenvalue weighted by molar-refractivity contribution is 6.30. The lowest BCUT2D eigenvalue weighted by Gasteiger charge is -2.50. The first kappa shape index (κ1) is 34.1. The van der Waals surface area contributed by atoms with E-state index >= 15 is 4.79 Å². The number of aromatic hydroxyl groups is 1. The molecule has 0 unspecified atom stereocenters. The topological polar surface area (TPSA) is 154 Å². The molecule has 2 heterocycles. The number of hydrogen-bond acceptors (Lipinski definition) is 8. The van der Waals surface area contributed by atoms with Gasteiger partial charge in [-0.25, -0.2) is 9.18 Å². The van der Waals surface area contributed by atoms with Crippen LogP contribution in [-0.2, 0) is 24.6 Å². The van der Waals surface area contributed by atoms with Crippen LogP contribution in [0.5, 0.6) is 11.5 Å². The van der Waals surface area contributed by atoms with Crippen molar-refractivity contribution in [3.05, 3.63) is 130 Å². The minimum atomic E-state index is -1.63. The highest BCUT2D eigenvalue weighted by atomic mass is 35.5. The number of carbonyl (C=O) groups excluding carboxylic acids is 4. The molecule has 4 aromatic rings. The van der Waals surface area contributed by atoms with E-state index in [-0.39, 0.29) is 41.3 Å². The van der Waals surface area contributed by atoms with Crippen molar-refractivity contribution in [2.45, 2.75) is 24.2 Å². The Kier molecular flexibility index (Phi) is 8.10. The van der Waals surface area contributed by atoms with Gasteiger partial charge in [0.1, 0.15) is 5.82 Å². The number of carboxylic acids is 1. The fourth-order valence-corrected chi connectivity index (χ4v) is 9.08. The summed E-state index contributed by atoms with van der Waals surface area (Å²) >= 11 is 6.33. The molecule has 2 saturated heterocycles. The number of amides is 4. The molecule has 0 bridgehead atoms. The van der Waals surface area contributed by atoms with Gasteiger partial charge in [-0.15, -0.1) is 0 Å². The number of benzene rings is 4. The first-order chi connectivity index (χ1) is 25.4. The number of ether oxygens (including phenoxy) is 1. The molecule has 0 spiro atoms. The van der Waals surface area contributed by atoms with E-state index < -0.39 is 70.4 Å². The van der Waals surface area contributed by atoms with E-state index in [1.165, 1.54) is 61.7 Å². The maximum Gasteiger partial charge on any atom is 0.335 e. The zero-order chi connectivity index (χ0) is 37.3. The Morgan fingerprint density at radius 2 is 1.66 bits per heavy atom. The number of nitrogens with zero attached hydrogens (tertiary/aromatic N) is 2. The number of halogens is 2. The van der Waals surface area contributed by atoms with Gasteiger partial charge < -0.3 is 14.9 Å². The van der Waals surface area contributed by atoms with Crippen molar-refractivity contribution in [1.29, 1.82) is 0 Å². The molecule has 0 radical (unpaired) electrons. The number of hydrogen-bond donors (Lipinski definition) is 3. The zero-order valence-electron chi connectivity index (χ0n) is 28.0. The lowest BCUT2D eigenvalue weighted by atomic mass is 9.49. The number of phenolic OH excluding ortho intramolecular Hbond substituents is 1. The number of rotatable bonds is 7. The van der Waals surface area contributed by atoms with Gasteiger partial charge in [-0.2, -0.15) is 5.01 Å². The van der Waals surface area contributed by atoms with Gasteiger partial charge in [0.15, 0.2) is 11.5 Å². The summed E-state index contributed by atoms with van der Waals surface area (Å²) in [6, 6.07) is 22.1. The molecule has 0 aromatic heterocycles. The number of fused-ring (bicyclic) bond motifs is 4. The Labute approximate surface area is 307 Å². The minimum Gasteiger partial charge on any atom is -0.504 e. The third-order valence-electron chi connectivity index (χ3n) is 11.1. The molecular weight excluding hydrogens is 705 g/mol. The van der Waals surface area contributed by atoms with Crippen molar-refractivity contribution >= 4 is 52.6 Å². The van der Waals surface area contributed by atoms with E-state index in [1.54, 1.807) is 36.4 Å². The summed E-state index contributed by atoms with van der Waals surface area (Å²) in [5, 5.41) is 22.0. The summed E-state index contributed by atoms with van der Waals surface area (Å²) < 4.78 is 19.2. The Morgan fingerprint density at radius 1 is 0.925 bits per heavy atom. The average Bonchev–Trinajstić information content (AvgIpc) is 3.53. The number of methoxy groups -OCH3 is 1. The van der Waals surface area contributed by atoms with Crippen LogP contribution in [0.1, 0.15) is 40.2 Å². The molecule has 3 N–H and O–H groups in total. The van der Waals surface area contributed by atoms with Gasteiger partial charge in [0, 0.05) is 10.9 Å². The number of anilines is 2. The van der Waals surface area contributed by atoms with Crippen LogP contribution < -0.4 is 15.1 Å². The predicted octanol–water partition coefficient (Wildman–Crippen LogP) is 6.08. The van der Waals surface area contributed by atoms with Gasteiger partial charge in [-0.3, -0.25) is 29.5 Å². The smallest absolute Gasteiger partial charge is 0.335 e. The molecule has 4 aromatic carbocycles. The monoisotopic (exact) mass is 735 g/mol. The average molecular weight is 736 g/mol. The number of hydrazine groups is 1. The highest BCUT2D eigenvalue weighted by Crippen LogP contribution is 2.64. The minimum absolute atomic E-state index is 0.00244. The number of carbonyl (C=O) groups is 5. The van der Waals surface area contributed by atoms with Crippen molar-refractivity contribution in [3.63, 3.8) is 0 Å². The zero-order valence-corrected chi connectivity index (χ0v) is 28.8. The van der Waals surface area contributed by atoms with E-state index in [1.807, 2.05) is 6.08 Å². The highest BCUT2D eigenvalue weighted by Gasteiger charge is 2.70. The predicted molar refractivity (Wildman–Crippen MR) is 190 cm³/mol. The van der Waals surface area contributed by atoms with E-state index in [4.69, 9.17) is 16.3 Å². The van der Waals surface area contributed by atoms with Gasteiger partial charge in [0.25, 0.3) is 11.8 Å². The first-order valence-corrected chi connectivity index (χ1v) is 17.3. The summed E-state index contributed by atoms with van der Waals surface area (Å²) in [5.74, 6) is -8.46. The van der Waals surface area contributed by atoms with Gasteiger partial charge in [-0.05, 0) is 96.6 Å². The summed E-state index contributed by atoms with van der Waals surface area (Å²) in [6.45, 7) is 0. The van der Waals surface area contributed by atoms with Crippen LogP contribution >= 0.6 is 11.6 Å². The number of allylic oxidation sites excluding steroid dienone is 2. The fraction of sp³-hybridized carbons (Fsp3) is 0.225. The van der Waals surface area contributed by atoms with Crippen LogP contribution in [0.2, 0.25) is 5.02 Å². The summed E-state index contributed by atoms with van der Waals surface area (Å²) in [6.07, 6.45) is 2.00. The molecule has 6 atom stereocenters. The SMILES string of the molecule is COc1ccc([C@H]2C3=CC[C@@H]4C(=O)N(c5cccc(C(=O)O)c5)C(=O)[C@@H]4[C@@H]3C[C@H]3C(=O)N(Nc4ccc(F)cc4)C(=O)[C@@]23c2ccc(Cl)cc2)cc1O. The standard InChI is InChI=1S/C40H31ClFN3O8/c1-53-32-16-5-20(18-31(32)46)34-27-14-15-28-33(37(49)44(35(28)47)26-4-2-3-21(17-26)38(50)51)29(27)19-30-36(48)45(43-25-12-10-24(42)11-13-25)39(52)40(30,34)22-6-8-23(41)9-7-22/h2-14,16-18,28-30,33-34,43,46H,15,19H2,1H3,(H,50,51)/t28-,29+,30-,33-,34-,40+/m0/s1. The molecule has 4 aliphatic rings. The number of carboxylic acid groups (broad SMARTS) is 1. The molecule has 3 fully saturated rings. The second-order valence-electron chi connectivity index (χ2n) is 13.7. The molecular formula is C40H31ClFN3O8. The largest absolute Gasteiger partial charge is 0.504 e. The Morgan fingerprint density at radius 3 is 2.34 bits per heavy atom. The first-order valence-electron chi connectivity index (χ1n) is 16.9. The van der Waals surface area contributed by atoms with E-state index in [0.29, 0.717) is 21.7 Å². The van der Waals surface area contributed by atoms with Crippen molar-refractivity contribution in [2.75, 3.05) is 17.4 Å². The maximum atomic E-state index is 15.2. The molecule has 13 heteroatoms. The van der Waals surface area contributed by atoms with Crippen LogP contribution in [0.25, 0.3) is 0 Å². The molecule has 2 aliphatic carbocycles. The van der Waals surface area contributed by atoms with Crippen LogP contribution in [-0.4, -0.2) is 51.9 Å². The Balaban J connectivity index is 1.32. The van der Waals surface area contributed by atoms with Crippen molar-refractivity contribution in [1.82, 2.24) is 5.01 Å². The van der Waals surface area contributed by atoms with Crippen LogP contribution in [0, 0.1) is 29.5 Å². The van der Waals surface area contributed by atoms with Crippen LogP contribution in [0.4, 0.5) is 15.8 Å². The normalized spacial score (nSPS) is 26.2. The molecule has 1 saturated carbocycles. The summed E-state index contributed by atoms with van der Waals surface area (Å²) in [7, 11) is 1.40. The fourth-order valence-electron chi connectivity index (χ4n) is 8.95. The molecule has 8 rings (SSSR count). The van der Waals surface area contributed by atoms with E-state index in [0.717, 1.165) is 9.91 Å². The van der Waals surface area contributed by atoms with Crippen molar-refractivity contribution in [2.24, 2.45) is 23.7 Å². The third-order valence-corrected chi connectivity index (χ3v) is 11.4. The number of aromatic carboxylic acids is 1. The second kappa shape index (κ2) is 12.6.